The van der Waals surface area contributed by atoms with E-state index in [1.807, 2.05) is 13.8 Å². The lowest BCUT2D eigenvalue weighted by Crippen LogP contribution is -2.50. The van der Waals surface area contributed by atoms with Crippen molar-refractivity contribution in [3.8, 4) is 17.6 Å². The highest BCUT2D eigenvalue weighted by Crippen LogP contribution is 2.50. The van der Waals surface area contributed by atoms with E-state index in [9.17, 15) is 14.9 Å². The number of amides is 1. The maximum Gasteiger partial charge on any atom is 0.273 e. The number of Topliss-reactive ketones (excluding diaryl/α,β-unsaturated/α-hetero) is 1. The molecule has 1 amide bonds. The summed E-state index contributed by atoms with van der Waals surface area (Å²) in [6.45, 7) is 3.93. The molecule has 4 rings (SSSR count). The maximum absolute atomic E-state index is 13.6. The topological polar surface area (TPSA) is 131 Å². The van der Waals surface area contributed by atoms with Crippen molar-refractivity contribution in [1.29, 1.82) is 5.26 Å². The second kappa shape index (κ2) is 9.55. The number of carbonyl (C=O) groups is 2. The monoisotopic (exact) mass is 507 g/mol. The molecule has 1 aromatic heterocycles. The molecule has 2 aromatic rings. The number of hydrogen-bond acceptors (Lipinski definition) is 8. The van der Waals surface area contributed by atoms with Crippen molar-refractivity contribution in [2.75, 3.05) is 14.2 Å². The number of nitrogens with one attached hydrogen (secondary N) is 1. The molecule has 2 heterocycles. The number of benzene rings is 1. The number of hydrazine groups is 1. The highest BCUT2D eigenvalue weighted by Gasteiger charge is 2.45. The third-order valence-corrected chi connectivity index (χ3v) is 6.65. The number of nitrogens with zero attached hydrogens (tertiary/aromatic N) is 3. The molecule has 1 aliphatic carbocycles. The van der Waals surface area contributed by atoms with Crippen LogP contribution in [0.1, 0.15) is 48.5 Å². The van der Waals surface area contributed by atoms with Gasteiger partial charge in [0.2, 0.25) is 0 Å². The minimum absolute atomic E-state index is 0.00462. The van der Waals surface area contributed by atoms with Gasteiger partial charge < -0.3 is 15.2 Å². The number of methoxy groups -OCH3 is 2. The van der Waals surface area contributed by atoms with Crippen LogP contribution in [-0.4, -0.2) is 35.9 Å². The van der Waals surface area contributed by atoms with Crippen molar-refractivity contribution in [3.05, 3.63) is 75.5 Å². The van der Waals surface area contributed by atoms with E-state index in [-0.39, 0.29) is 34.3 Å². The average molecular weight is 508 g/mol. The molecule has 1 atom stereocenters. The highest BCUT2D eigenvalue weighted by molar-refractivity contribution is 6.32. The van der Waals surface area contributed by atoms with Gasteiger partial charge in [-0.05, 0) is 42.2 Å². The normalized spacial score (nSPS) is 18.9. The van der Waals surface area contributed by atoms with Gasteiger partial charge in [0.25, 0.3) is 5.91 Å². The summed E-state index contributed by atoms with van der Waals surface area (Å²) in [5.74, 6) is -0.498. The van der Waals surface area contributed by atoms with E-state index in [2.05, 4.69) is 16.5 Å². The quantitative estimate of drug-likeness (QED) is 0.584. The van der Waals surface area contributed by atoms with Gasteiger partial charge in [-0.25, -0.2) is 9.99 Å². The summed E-state index contributed by atoms with van der Waals surface area (Å²) in [7, 11) is 3.04. The first-order chi connectivity index (χ1) is 17.1. The number of rotatable bonds is 5. The number of ether oxygens (including phenoxy) is 2. The Morgan fingerprint density at radius 1 is 1.28 bits per heavy atom. The SMILES string of the molecule is COc1ccc(OC)c(C2C(C#N)=C(N)N(NC(=O)c3cccnc3Cl)C3=C2C(=O)CC(C)(C)C3)c1. The van der Waals surface area contributed by atoms with Crippen LogP contribution >= 0.6 is 11.6 Å². The first-order valence-electron chi connectivity index (χ1n) is 11.2. The molecule has 186 valence electrons. The Morgan fingerprint density at radius 3 is 2.67 bits per heavy atom. The number of pyridine rings is 1. The van der Waals surface area contributed by atoms with Gasteiger partial charge in [-0.2, -0.15) is 5.26 Å². The molecule has 36 heavy (non-hydrogen) atoms. The van der Waals surface area contributed by atoms with Crippen LogP contribution in [0.5, 0.6) is 11.5 Å². The Bertz CT molecular complexity index is 1360. The van der Waals surface area contributed by atoms with Gasteiger partial charge in [0, 0.05) is 23.8 Å². The number of nitrogens with two attached hydrogens (primary N) is 1. The van der Waals surface area contributed by atoms with Gasteiger partial charge in [0.15, 0.2) is 5.78 Å². The number of allylic oxidation sites excluding steroid dienone is 3. The molecule has 1 unspecified atom stereocenters. The van der Waals surface area contributed by atoms with Crippen molar-refractivity contribution in [2.24, 2.45) is 11.1 Å². The molecule has 0 radical (unpaired) electrons. The van der Waals surface area contributed by atoms with Crippen LogP contribution in [-0.2, 0) is 4.79 Å². The summed E-state index contributed by atoms with van der Waals surface area (Å²) < 4.78 is 11.0. The zero-order valence-electron chi connectivity index (χ0n) is 20.4. The van der Waals surface area contributed by atoms with E-state index < -0.39 is 17.2 Å². The van der Waals surface area contributed by atoms with E-state index in [0.29, 0.717) is 34.8 Å². The third kappa shape index (κ3) is 4.36. The molecule has 1 aliphatic heterocycles. The minimum atomic E-state index is -0.797. The smallest absolute Gasteiger partial charge is 0.273 e. The fourth-order valence-corrected chi connectivity index (χ4v) is 4.93. The molecule has 3 N–H and O–H groups in total. The van der Waals surface area contributed by atoms with Crippen LogP contribution in [0.3, 0.4) is 0 Å². The second-order valence-electron chi connectivity index (χ2n) is 9.37. The zero-order chi connectivity index (χ0) is 26.2. The van der Waals surface area contributed by atoms with Gasteiger partial charge in [-0.1, -0.05) is 25.4 Å². The molecule has 2 aliphatic rings. The van der Waals surface area contributed by atoms with Gasteiger partial charge in [-0.3, -0.25) is 15.0 Å². The number of nitriles is 1. The van der Waals surface area contributed by atoms with Gasteiger partial charge in [-0.15, -0.1) is 0 Å². The molecule has 0 saturated heterocycles. The van der Waals surface area contributed by atoms with Gasteiger partial charge >= 0.3 is 0 Å². The summed E-state index contributed by atoms with van der Waals surface area (Å²) in [6, 6.07) is 10.4. The number of aromatic nitrogens is 1. The Kier molecular flexibility index (Phi) is 6.65. The molecule has 0 saturated carbocycles. The van der Waals surface area contributed by atoms with Crippen molar-refractivity contribution in [2.45, 2.75) is 32.6 Å². The van der Waals surface area contributed by atoms with Crippen LogP contribution in [0.15, 0.2) is 59.2 Å². The van der Waals surface area contributed by atoms with Crippen LogP contribution in [0.25, 0.3) is 0 Å². The zero-order valence-corrected chi connectivity index (χ0v) is 21.1. The van der Waals surface area contributed by atoms with E-state index in [4.69, 9.17) is 26.8 Å². The summed E-state index contributed by atoms with van der Waals surface area (Å²) in [4.78, 5) is 30.7. The lowest BCUT2D eigenvalue weighted by molar-refractivity contribution is -0.118. The molecule has 9 nitrogen and oxygen atoms in total. The summed E-state index contributed by atoms with van der Waals surface area (Å²) in [5, 5.41) is 11.6. The number of carbonyl (C=O) groups excluding carboxylic acids is 2. The first-order valence-corrected chi connectivity index (χ1v) is 11.6. The fraction of sp³-hybridized carbons (Fsp3) is 0.308. The van der Waals surface area contributed by atoms with Crippen LogP contribution in [0, 0.1) is 16.7 Å². The molecule has 0 bridgehead atoms. The predicted octanol–water partition coefficient (Wildman–Crippen LogP) is 3.83. The number of hydrogen-bond donors (Lipinski definition) is 2. The van der Waals surface area contributed by atoms with E-state index in [1.54, 1.807) is 24.3 Å². The molecule has 0 spiro atoms. The lowest BCUT2D eigenvalue weighted by Gasteiger charge is -2.43. The minimum Gasteiger partial charge on any atom is -0.497 e. The standard InChI is InChI=1S/C26H26ClN5O4/c1-26(2)11-18-22(19(33)12-26)21(16-10-14(35-3)7-8-20(16)36-4)17(13-28)24(29)32(18)31-25(34)15-6-5-9-30-23(15)27/h5-10,21H,11-12,29H2,1-4H3,(H,31,34). The highest BCUT2D eigenvalue weighted by atomic mass is 35.5. The largest absolute Gasteiger partial charge is 0.497 e. The fourth-order valence-electron chi connectivity index (χ4n) is 4.73. The number of ketones is 1. The summed E-state index contributed by atoms with van der Waals surface area (Å²) in [6.07, 6.45) is 2.16. The van der Waals surface area contributed by atoms with E-state index in [0.717, 1.165) is 0 Å². The maximum atomic E-state index is 13.6. The molecule has 0 fully saturated rings. The number of halogens is 1. The van der Waals surface area contributed by atoms with Crippen molar-refractivity contribution < 1.29 is 19.1 Å². The van der Waals surface area contributed by atoms with E-state index >= 15 is 0 Å². The molecule has 10 heteroatoms. The van der Waals surface area contributed by atoms with Gasteiger partial charge in [0.05, 0.1) is 43.0 Å². The predicted molar refractivity (Wildman–Crippen MR) is 133 cm³/mol. The third-order valence-electron chi connectivity index (χ3n) is 6.35. The Balaban J connectivity index is 1.92. The second-order valence-corrected chi connectivity index (χ2v) is 9.73. The average Bonchev–Trinajstić information content (AvgIpc) is 2.84. The summed E-state index contributed by atoms with van der Waals surface area (Å²) >= 11 is 6.12. The van der Waals surface area contributed by atoms with Crippen LogP contribution in [0.2, 0.25) is 5.15 Å². The van der Waals surface area contributed by atoms with Crippen molar-refractivity contribution in [3.63, 3.8) is 0 Å². The van der Waals surface area contributed by atoms with E-state index in [1.165, 1.54) is 31.5 Å². The first kappa shape index (κ1) is 25.1. The van der Waals surface area contributed by atoms with Crippen LogP contribution < -0.4 is 20.6 Å². The van der Waals surface area contributed by atoms with Crippen molar-refractivity contribution in [1.82, 2.24) is 15.4 Å². The van der Waals surface area contributed by atoms with Gasteiger partial charge in [0.1, 0.15) is 22.5 Å². The Morgan fingerprint density at radius 2 is 2.03 bits per heavy atom. The lowest BCUT2D eigenvalue weighted by atomic mass is 9.69. The van der Waals surface area contributed by atoms with Crippen molar-refractivity contribution >= 4 is 23.3 Å². The van der Waals surface area contributed by atoms with Crippen LogP contribution in [0.4, 0.5) is 0 Å². The molecular formula is C26H26ClN5O4. The Labute approximate surface area is 214 Å². The Hall–Kier alpha value is -4.03. The molecular weight excluding hydrogens is 482 g/mol. The molecule has 1 aromatic carbocycles. The summed E-state index contributed by atoms with van der Waals surface area (Å²) in [5.41, 5.74) is 10.6.